The molecule has 1 saturated heterocycles. The van der Waals surface area contributed by atoms with Crippen molar-refractivity contribution in [2.24, 2.45) is 0 Å². The summed E-state index contributed by atoms with van der Waals surface area (Å²) in [6.45, 7) is 3.56. The van der Waals surface area contributed by atoms with Gasteiger partial charge in [0.2, 0.25) is 5.91 Å². The summed E-state index contributed by atoms with van der Waals surface area (Å²) in [4.78, 5) is 27.7. The van der Waals surface area contributed by atoms with Crippen molar-refractivity contribution in [3.8, 4) is 5.75 Å². The van der Waals surface area contributed by atoms with Crippen molar-refractivity contribution in [1.82, 2.24) is 9.80 Å². The third-order valence-corrected chi connectivity index (χ3v) is 4.16. The second-order valence-corrected chi connectivity index (χ2v) is 5.85. The van der Waals surface area contributed by atoms with Gasteiger partial charge in [-0.3, -0.25) is 9.59 Å². The molecule has 22 heavy (non-hydrogen) atoms. The maximum absolute atomic E-state index is 12.2. The average Bonchev–Trinajstić information content (AvgIpc) is 2.53. The Morgan fingerprint density at radius 3 is 2.82 bits per heavy atom. The number of piperazine rings is 1. The van der Waals surface area contributed by atoms with Crippen molar-refractivity contribution in [2.45, 2.75) is 12.8 Å². The quantitative estimate of drug-likeness (QED) is 0.894. The third kappa shape index (κ3) is 3.39. The van der Waals surface area contributed by atoms with Crippen LogP contribution in [0.15, 0.2) is 18.2 Å². The molecule has 118 valence electrons. The molecule has 0 unspecified atom stereocenters. The first kappa shape index (κ1) is 14.8. The van der Waals surface area contributed by atoms with Crippen molar-refractivity contribution < 1.29 is 14.3 Å². The van der Waals surface area contributed by atoms with Crippen molar-refractivity contribution in [1.29, 1.82) is 0 Å². The summed E-state index contributed by atoms with van der Waals surface area (Å²) >= 11 is 0. The molecule has 0 bridgehead atoms. The molecule has 6 heteroatoms. The van der Waals surface area contributed by atoms with E-state index in [0.717, 1.165) is 31.7 Å². The molecule has 1 N–H and O–H groups in total. The first-order valence-corrected chi connectivity index (χ1v) is 7.64. The van der Waals surface area contributed by atoms with Gasteiger partial charge in [-0.05, 0) is 31.2 Å². The predicted octanol–water partition coefficient (Wildman–Crippen LogP) is 0.724. The van der Waals surface area contributed by atoms with Crippen LogP contribution in [0.4, 0.5) is 5.69 Å². The van der Waals surface area contributed by atoms with Gasteiger partial charge in [0.25, 0.3) is 5.91 Å². The zero-order chi connectivity index (χ0) is 15.5. The molecule has 0 radical (unpaired) electrons. The van der Waals surface area contributed by atoms with Gasteiger partial charge in [0.05, 0.1) is 5.69 Å². The third-order valence-electron chi connectivity index (χ3n) is 4.16. The summed E-state index contributed by atoms with van der Waals surface area (Å²) in [5, 5.41) is 2.79. The molecule has 2 aliphatic rings. The lowest BCUT2D eigenvalue weighted by Gasteiger charge is -2.32. The Kier molecular flexibility index (Phi) is 4.29. The van der Waals surface area contributed by atoms with E-state index in [1.807, 2.05) is 23.1 Å². The topological polar surface area (TPSA) is 61.9 Å². The van der Waals surface area contributed by atoms with Crippen LogP contribution in [0.2, 0.25) is 0 Å². The molecule has 0 saturated carbocycles. The average molecular weight is 303 g/mol. The fourth-order valence-electron chi connectivity index (χ4n) is 2.75. The zero-order valence-corrected chi connectivity index (χ0v) is 12.8. The molecule has 2 aliphatic heterocycles. The molecule has 6 nitrogen and oxygen atoms in total. The molecule has 1 aromatic rings. The SMILES string of the molecule is CN1CCN(C(=O)CCc2ccc3c(c2)NC(=O)CO3)CC1. The lowest BCUT2D eigenvalue weighted by atomic mass is 10.1. The van der Waals surface area contributed by atoms with Crippen LogP contribution in [0.25, 0.3) is 0 Å². The summed E-state index contributed by atoms with van der Waals surface area (Å²) in [5.41, 5.74) is 1.73. The second-order valence-electron chi connectivity index (χ2n) is 5.85. The monoisotopic (exact) mass is 303 g/mol. The van der Waals surface area contributed by atoms with E-state index in [9.17, 15) is 9.59 Å². The minimum atomic E-state index is -0.141. The fraction of sp³-hybridized carbons (Fsp3) is 0.500. The highest BCUT2D eigenvalue weighted by atomic mass is 16.5. The van der Waals surface area contributed by atoms with Gasteiger partial charge in [0.15, 0.2) is 6.61 Å². The molecule has 0 aromatic heterocycles. The molecule has 0 atom stereocenters. The standard InChI is InChI=1S/C16H21N3O3/c1-18-6-8-19(9-7-18)16(21)5-3-12-2-4-14-13(10-12)17-15(20)11-22-14/h2,4,10H,3,5-9,11H2,1H3,(H,17,20). The summed E-state index contributed by atoms with van der Waals surface area (Å²) in [5.74, 6) is 0.748. The van der Waals surface area contributed by atoms with E-state index in [-0.39, 0.29) is 18.4 Å². The normalized spacial score (nSPS) is 18.4. The lowest BCUT2D eigenvalue weighted by molar-refractivity contribution is -0.132. The number of fused-ring (bicyclic) bond motifs is 1. The minimum Gasteiger partial charge on any atom is -0.482 e. The Balaban J connectivity index is 1.56. The van der Waals surface area contributed by atoms with E-state index in [1.54, 1.807) is 0 Å². The maximum Gasteiger partial charge on any atom is 0.262 e. The van der Waals surface area contributed by atoms with E-state index in [2.05, 4.69) is 17.3 Å². The number of rotatable bonds is 3. The number of nitrogens with zero attached hydrogens (tertiary/aromatic N) is 2. The minimum absolute atomic E-state index is 0.0637. The number of hydrogen-bond donors (Lipinski definition) is 1. The highest BCUT2D eigenvalue weighted by molar-refractivity contribution is 5.95. The second kappa shape index (κ2) is 6.36. The Hall–Kier alpha value is -2.08. The van der Waals surface area contributed by atoms with Gasteiger partial charge in [-0.2, -0.15) is 0 Å². The molecule has 2 heterocycles. The van der Waals surface area contributed by atoms with E-state index in [1.165, 1.54) is 0 Å². The molecule has 1 aromatic carbocycles. The van der Waals surface area contributed by atoms with Crippen LogP contribution in [0.1, 0.15) is 12.0 Å². The number of carbonyl (C=O) groups excluding carboxylic acids is 2. The van der Waals surface area contributed by atoms with Gasteiger partial charge in [-0.25, -0.2) is 0 Å². The van der Waals surface area contributed by atoms with Crippen LogP contribution in [0.5, 0.6) is 5.75 Å². The van der Waals surface area contributed by atoms with Gasteiger partial charge >= 0.3 is 0 Å². The molecule has 2 amide bonds. The maximum atomic E-state index is 12.2. The van der Waals surface area contributed by atoms with Gasteiger partial charge in [0.1, 0.15) is 5.75 Å². The lowest BCUT2D eigenvalue weighted by Crippen LogP contribution is -2.47. The number of carbonyl (C=O) groups is 2. The molecule has 3 rings (SSSR count). The van der Waals surface area contributed by atoms with Crippen LogP contribution in [-0.2, 0) is 16.0 Å². The van der Waals surface area contributed by atoms with Crippen molar-refractivity contribution >= 4 is 17.5 Å². The molecule has 0 spiro atoms. The number of ether oxygens (including phenoxy) is 1. The Morgan fingerprint density at radius 1 is 1.27 bits per heavy atom. The van der Waals surface area contributed by atoms with Crippen LogP contribution >= 0.6 is 0 Å². The summed E-state index contributed by atoms with van der Waals surface area (Å²) < 4.78 is 5.33. The number of aryl methyl sites for hydroxylation is 1. The van der Waals surface area contributed by atoms with Gasteiger partial charge in [-0.15, -0.1) is 0 Å². The molecule has 0 aliphatic carbocycles. The van der Waals surface area contributed by atoms with Gasteiger partial charge < -0.3 is 19.9 Å². The Labute approximate surface area is 130 Å². The summed E-state index contributed by atoms with van der Waals surface area (Å²) in [6.07, 6.45) is 1.17. The highest BCUT2D eigenvalue weighted by Gasteiger charge is 2.19. The molecular formula is C16H21N3O3. The van der Waals surface area contributed by atoms with Crippen LogP contribution in [-0.4, -0.2) is 61.4 Å². The Morgan fingerprint density at radius 2 is 2.05 bits per heavy atom. The number of amides is 2. The molecular weight excluding hydrogens is 282 g/mol. The first-order valence-electron chi connectivity index (χ1n) is 7.64. The van der Waals surface area contributed by atoms with E-state index < -0.39 is 0 Å². The van der Waals surface area contributed by atoms with E-state index in [4.69, 9.17) is 4.74 Å². The number of anilines is 1. The number of likely N-dealkylation sites (N-methyl/N-ethyl adjacent to an activating group) is 1. The smallest absolute Gasteiger partial charge is 0.262 e. The summed E-state index contributed by atoms with van der Waals surface area (Å²) in [7, 11) is 2.07. The highest BCUT2D eigenvalue weighted by Crippen LogP contribution is 2.28. The van der Waals surface area contributed by atoms with E-state index >= 15 is 0 Å². The van der Waals surface area contributed by atoms with Crippen molar-refractivity contribution in [3.05, 3.63) is 23.8 Å². The number of hydrogen-bond acceptors (Lipinski definition) is 4. The molecule has 1 fully saturated rings. The van der Waals surface area contributed by atoms with Gasteiger partial charge in [-0.1, -0.05) is 6.07 Å². The van der Waals surface area contributed by atoms with Crippen LogP contribution < -0.4 is 10.1 Å². The first-order chi connectivity index (χ1) is 10.6. The van der Waals surface area contributed by atoms with Crippen molar-refractivity contribution in [2.75, 3.05) is 45.2 Å². The zero-order valence-electron chi connectivity index (χ0n) is 12.8. The predicted molar refractivity (Wildman–Crippen MR) is 83.0 cm³/mol. The van der Waals surface area contributed by atoms with Crippen LogP contribution in [0.3, 0.4) is 0 Å². The van der Waals surface area contributed by atoms with E-state index in [0.29, 0.717) is 24.3 Å². The number of nitrogens with one attached hydrogen (secondary N) is 1. The van der Waals surface area contributed by atoms with Crippen molar-refractivity contribution in [3.63, 3.8) is 0 Å². The largest absolute Gasteiger partial charge is 0.482 e. The van der Waals surface area contributed by atoms with Crippen LogP contribution in [0, 0.1) is 0 Å². The fourth-order valence-corrected chi connectivity index (χ4v) is 2.75. The summed E-state index contributed by atoms with van der Waals surface area (Å²) in [6, 6.07) is 5.70. The Bertz CT molecular complexity index is 580. The van der Waals surface area contributed by atoms with Gasteiger partial charge in [0, 0.05) is 32.6 Å². The number of benzene rings is 1.